The van der Waals surface area contributed by atoms with E-state index in [1.807, 2.05) is 13.8 Å². The van der Waals surface area contributed by atoms with E-state index in [0.717, 1.165) is 0 Å². The van der Waals surface area contributed by atoms with Crippen molar-refractivity contribution in [2.75, 3.05) is 25.0 Å². The minimum absolute atomic E-state index is 0.107. The first-order valence-corrected chi connectivity index (χ1v) is 7.91. The van der Waals surface area contributed by atoms with Crippen LogP contribution in [0.3, 0.4) is 0 Å². The van der Waals surface area contributed by atoms with Crippen molar-refractivity contribution in [2.45, 2.75) is 26.8 Å². The number of hydrogen-bond donors (Lipinski definition) is 2. The highest BCUT2D eigenvalue weighted by atomic mass is 35.5. The molecule has 122 valence electrons. The molecule has 1 aromatic carbocycles. The van der Waals surface area contributed by atoms with Gasteiger partial charge in [-0.15, -0.1) is 0 Å². The fourth-order valence-electron chi connectivity index (χ4n) is 1.96. The molecule has 1 aromatic rings. The molecule has 22 heavy (non-hydrogen) atoms. The Labute approximate surface area is 141 Å². The van der Waals surface area contributed by atoms with Crippen LogP contribution in [0.15, 0.2) is 18.2 Å². The highest BCUT2D eigenvalue weighted by Gasteiger charge is 2.22. The molecule has 0 fully saturated rings. The molecule has 0 heterocycles. The van der Waals surface area contributed by atoms with Crippen molar-refractivity contribution in [2.24, 2.45) is 0 Å². The fraction of sp³-hybridized carbons (Fsp3) is 0.467. The van der Waals surface area contributed by atoms with Crippen LogP contribution < -0.4 is 10.6 Å². The van der Waals surface area contributed by atoms with Gasteiger partial charge in [0.2, 0.25) is 11.8 Å². The summed E-state index contributed by atoms with van der Waals surface area (Å²) in [4.78, 5) is 25.8. The summed E-state index contributed by atoms with van der Waals surface area (Å²) in [7, 11) is 0. The van der Waals surface area contributed by atoms with Crippen molar-refractivity contribution >= 4 is 40.7 Å². The monoisotopic (exact) mass is 345 g/mol. The molecule has 0 saturated heterocycles. The van der Waals surface area contributed by atoms with Gasteiger partial charge < -0.3 is 10.6 Å². The highest BCUT2D eigenvalue weighted by Crippen LogP contribution is 2.25. The van der Waals surface area contributed by atoms with E-state index in [9.17, 15) is 9.59 Å². The maximum atomic E-state index is 12.3. The van der Waals surface area contributed by atoms with Gasteiger partial charge >= 0.3 is 0 Å². The summed E-state index contributed by atoms with van der Waals surface area (Å²) in [5.74, 6) is -0.347. The zero-order valence-electron chi connectivity index (χ0n) is 13.0. The molecule has 0 aliphatic rings. The summed E-state index contributed by atoms with van der Waals surface area (Å²) in [6.45, 7) is 6.81. The zero-order valence-corrected chi connectivity index (χ0v) is 14.5. The third-order valence-corrected chi connectivity index (χ3v) is 3.80. The number of nitrogens with one attached hydrogen (secondary N) is 2. The number of amides is 2. The second kappa shape index (κ2) is 8.98. The number of anilines is 1. The van der Waals surface area contributed by atoms with Crippen LogP contribution in [0, 0.1) is 0 Å². The van der Waals surface area contributed by atoms with Crippen LogP contribution in [0.5, 0.6) is 0 Å². The SMILES string of the molecule is CCNC(=O)CN(CC)[C@@H](C)C(=O)Nc1cc(Cl)ccc1Cl. The second-order valence-corrected chi connectivity index (χ2v) is 5.65. The predicted molar refractivity (Wildman–Crippen MR) is 90.5 cm³/mol. The molecule has 0 saturated carbocycles. The van der Waals surface area contributed by atoms with Crippen molar-refractivity contribution in [1.29, 1.82) is 0 Å². The molecule has 5 nitrogen and oxygen atoms in total. The number of rotatable bonds is 7. The van der Waals surface area contributed by atoms with Gasteiger partial charge in [0.15, 0.2) is 0 Å². The van der Waals surface area contributed by atoms with Crippen molar-refractivity contribution in [3.05, 3.63) is 28.2 Å². The molecule has 0 spiro atoms. The number of carbonyl (C=O) groups excluding carboxylic acids is 2. The lowest BCUT2D eigenvalue weighted by Gasteiger charge is -2.26. The zero-order chi connectivity index (χ0) is 16.7. The summed E-state index contributed by atoms with van der Waals surface area (Å²) >= 11 is 11.9. The second-order valence-electron chi connectivity index (χ2n) is 4.81. The Bertz CT molecular complexity index is 538. The number of halogens is 2. The van der Waals surface area contributed by atoms with E-state index in [2.05, 4.69) is 10.6 Å². The van der Waals surface area contributed by atoms with E-state index in [1.165, 1.54) is 0 Å². The Morgan fingerprint density at radius 2 is 1.95 bits per heavy atom. The van der Waals surface area contributed by atoms with Gasteiger partial charge in [0.05, 0.1) is 23.3 Å². The number of carbonyl (C=O) groups is 2. The van der Waals surface area contributed by atoms with E-state index >= 15 is 0 Å². The first kappa shape index (κ1) is 18.7. The summed E-state index contributed by atoms with van der Waals surface area (Å²) < 4.78 is 0. The minimum Gasteiger partial charge on any atom is -0.355 e. The van der Waals surface area contributed by atoms with E-state index in [4.69, 9.17) is 23.2 Å². The minimum atomic E-state index is -0.470. The average molecular weight is 346 g/mol. The third kappa shape index (κ3) is 5.48. The Morgan fingerprint density at radius 1 is 1.27 bits per heavy atom. The maximum Gasteiger partial charge on any atom is 0.241 e. The molecule has 0 aliphatic heterocycles. The topological polar surface area (TPSA) is 61.4 Å². The van der Waals surface area contributed by atoms with Gasteiger partial charge in [-0.1, -0.05) is 30.1 Å². The van der Waals surface area contributed by atoms with E-state index in [-0.39, 0.29) is 18.4 Å². The largest absolute Gasteiger partial charge is 0.355 e. The summed E-state index contributed by atoms with van der Waals surface area (Å²) in [5.41, 5.74) is 0.458. The molecule has 0 bridgehead atoms. The van der Waals surface area contributed by atoms with Gasteiger partial charge in [0.25, 0.3) is 0 Å². The van der Waals surface area contributed by atoms with Crippen LogP contribution >= 0.6 is 23.2 Å². The lowest BCUT2D eigenvalue weighted by Crippen LogP contribution is -2.46. The summed E-state index contributed by atoms with van der Waals surface area (Å²) in [6.07, 6.45) is 0. The van der Waals surface area contributed by atoms with Crippen molar-refractivity contribution in [1.82, 2.24) is 10.2 Å². The van der Waals surface area contributed by atoms with E-state index in [1.54, 1.807) is 30.0 Å². The first-order valence-electron chi connectivity index (χ1n) is 7.15. The molecule has 0 aliphatic carbocycles. The van der Waals surface area contributed by atoms with Crippen LogP contribution in [-0.4, -0.2) is 42.4 Å². The molecular weight excluding hydrogens is 325 g/mol. The van der Waals surface area contributed by atoms with Crippen LogP contribution in [0.2, 0.25) is 10.0 Å². The van der Waals surface area contributed by atoms with Gasteiger partial charge in [-0.25, -0.2) is 0 Å². The summed E-state index contributed by atoms with van der Waals surface area (Å²) in [5, 5.41) is 6.36. The predicted octanol–water partition coefficient (Wildman–Crippen LogP) is 2.78. The lowest BCUT2D eigenvalue weighted by molar-refractivity contribution is -0.125. The fourth-order valence-corrected chi connectivity index (χ4v) is 2.29. The van der Waals surface area contributed by atoms with Crippen LogP contribution in [0.25, 0.3) is 0 Å². The van der Waals surface area contributed by atoms with Crippen LogP contribution in [-0.2, 0) is 9.59 Å². The highest BCUT2D eigenvalue weighted by molar-refractivity contribution is 6.35. The lowest BCUT2D eigenvalue weighted by atomic mass is 10.2. The molecule has 0 radical (unpaired) electrons. The van der Waals surface area contributed by atoms with Crippen LogP contribution in [0.1, 0.15) is 20.8 Å². The Morgan fingerprint density at radius 3 is 2.55 bits per heavy atom. The number of hydrogen-bond acceptors (Lipinski definition) is 3. The number of benzene rings is 1. The first-order chi connectivity index (χ1) is 10.4. The van der Waals surface area contributed by atoms with Crippen LogP contribution in [0.4, 0.5) is 5.69 Å². The average Bonchev–Trinajstić information content (AvgIpc) is 2.48. The van der Waals surface area contributed by atoms with Gasteiger partial charge in [0.1, 0.15) is 0 Å². The Hall–Kier alpha value is -1.30. The van der Waals surface area contributed by atoms with Crippen molar-refractivity contribution in [3.8, 4) is 0 Å². The summed E-state index contributed by atoms with van der Waals surface area (Å²) in [6, 6.07) is 4.39. The third-order valence-electron chi connectivity index (χ3n) is 3.24. The Kier molecular flexibility index (Phi) is 7.65. The molecule has 2 amide bonds. The standard InChI is InChI=1S/C15H21Cl2N3O2/c1-4-18-14(21)9-20(5-2)10(3)15(22)19-13-8-11(16)6-7-12(13)17/h6-8,10H,4-5,9H2,1-3H3,(H,18,21)(H,19,22)/t10-/m0/s1. The molecule has 7 heteroatoms. The molecule has 1 rings (SSSR count). The molecule has 1 atom stereocenters. The normalized spacial score (nSPS) is 12.1. The van der Waals surface area contributed by atoms with Gasteiger partial charge in [-0.05, 0) is 38.6 Å². The Balaban J connectivity index is 2.73. The van der Waals surface area contributed by atoms with Crippen molar-refractivity contribution in [3.63, 3.8) is 0 Å². The van der Waals surface area contributed by atoms with E-state index in [0.29, 0.717) is 28.8 Å². The van der Waals surface area contributed by atoms with Crippen molar-refractivity contribution < 1.29 is 9.59 Å². The quantitative estimate of drug-likeness (QED) is 0.798. The number of nitrogens with zero attached hydrogens (tertiary/aromatic N) is 1. The van der Waals surface area contributed by atoms with Gasteiger partial charge in [0, 0.05) is 11.6 Å². The molecule has 0 unspecified atom stereocenters. The molecule has 0 aromatic heterocycles. The van der Waals surface area contributed by atoms with E-state index < -0.39 is 6.04 Å². The van der Waals surface area contributed by atoms with Gasteiger partial charge in [-0.3, -0.25) is 14.5 Å². The number of likely N-dealkylation sites (N-methyl/N-ethyl adjacent to an activating group) is 2. The smallest absolute Gasteiger partial charge is 0.241 e. The molecule has 2 N–H and O–H groups in total. The van der Waals surface area contributed by atoms with Gasteiger partial charge in [-0.2, -0.15) is 0 Å². The maximum absolute atomic E-state index is 12.3. The molecular formula is C15H21Cl2N3O2.